The van der Waals surface area contributed by atoms with Crippen molar-refractivity contribution in [1.82, 2.24) is 4.57 Å². The highest BCUT2D eigenvalue weighted by molar-refractivity contribution is 9.10. The number of halogens is 1. The molecule has 0 aliphatic heterocycles. The molecule has 2 aromatic rings. The number of aromatic nitrogens is 1. The summed E-state index contributed by atoms with van der Waals surface area (Å²) in [7, 11) is 0. The normalized spacial score (nSPS) is 11.0. The Kier molecular flexibility index (Phi) is 4.88. The maximum Gasteiger partial charge on any atom is 0.274 e. The predicted molar refractivity (Wildman–Crippen MR) is 91.0 cm³/mol. The third kappa shape index (κ3) is 3.38. The van der Waals surface area contributed by atoms with Crippen LogP contribution in [-0.4, -0.2) is 17.0 Å². The first-order valence-corrected chi connectivity index (χ1v) is 7.99. The average Bonchev–Trinajstić information content (AvgIpc) is 2.84. The van der Waals surface area contributed by atoms with E-state index in [2.05, 4.69) is 29.8 Å². The molecule has 0 unspecified atom stereocenters. The van der Waals surface area contributed by atoms with E-state index in [-0.39, 0.29) is 11.9 Å². The zero-order valence-electron chi connectivity index (χ0n) is 12.9. The van der Waals surface area contributed by atoms with Gasteiger partial charge in [-0.15, -0.1) is 0 Å². The molecular formula is C17H21BrN2O. The predicted octanol–water partition coefficient (Wildman–Crippen LogP) is 4.81. The van der Waals surface area contributed by atoms with Gasteiger partial charge in [0, 0.05) is 28.9 Å². The fourth-order valence-corrected chi connectivity index (χ4v) is 2.79. The summed E-state index contributed by atoms with van der Waals surface area (Å²) in [4.78, 5) is 14.7. The Hall–Kier alpha value is -1.55. The smallest absolute Gasteiger partial charge is 0.274 e. The van der Waals surface area contributed by atoms with Crippen molar-refractivity contribution in [2.75, 3.05) is 11.4 Å². The second kappa shape index (κ2) is 6.48. The fraction of sp³-hybridized carbons (Fsp3) is 0.353. The van der Waals surface area contributed by atoms with Crippen LogP contribution in [-0.2, 0) is 0 Å². The molecule has 0 atom stereocenters. The molecule has 0 saturated heterocycles. The molecule has 1 amide bonds. The minimum atomic E-state index is 0.0285. The van der Waals surface area contributed by atoms with Crippen LogP contribution < -0.4 is 4.90 Å². The summed E-state index contributed by atoms with van der Waals surface area (Å²) in [5, 5.41) is 0. The van der Waals surface area contributed by atoms with Crippen molar-refractivity contribution in [3.8, 4) is 0 Å². The van der Waals surface area contributed by atoms with Gasteiger partial charge in [0.15, 0.2) is 0 Å². The van der Waals surface area contributed by atoms with E-state index in [0.717, 1.165) is 10.2 Å². The van der Waals surface area contributed by atoms with Crippen LogP contribution in [0.5, 0.6) is 0 Å². The number of carbonyl (C=O) groups is 1. The molecule has 4 heteroatoms. The average molecular weight is 349 g/mol. The quantitative estimate of drug-likeness (QED) is 0.778. The summed E-state index contributed by atoms with van der Waals surface area (Å²) in [6, 6.07) is 10.2. The summed E-state index contributed by atoms with van der Waals surface area (Å²) in [5.41, 5.74) is 2.83. The second-order valence-corrected chi connectivity index (χ2v) is 6.35. The van der Waals surface area contributed by atoms with Gasteiger partial charge in [-0.25, -0.2) is 0 Å². The SMILES string of the molecule is CCN(C(=O)c1cc(Br)cn1C(C)C)c1ccc(C)cc1. The first-order valence-electron chi connectivity index (χ1n) is 7.20. The number of amides is 1. The maximum atomic E-state index is 12.9. The second-order valence-electron chi connectivity index (χ2n) is 5.43. The number of carbonyl (C=O) groups excluding carboxylic acids is 1. The van der Waals surface area contributed by atoms with Crippen LogP contribution in [0.25, 0.3) is 0 Å². The van der Waals surface area contributed by atoms with Gasteiger partial charge in [-0.3, -0.25) is 4.79 Å². The van der Waals surface area contributed by atoms with Crippen LogP contribution in [0.2, 0.25) is 0 Å². The Labute approximate surface area is 134 Å². The first kappa shape index (κ1) is 15.8. The van der Waals surface area contributed by atoms with E-state index in [1.165, 1.54) is 5.56 Å². The van der Waals surface area contributed by atoms with Crippen molar-refractivity contribution in [1.29, 1.82) is 0 Å². The minimum absolute atomic E-state index is 0.0285. The summed E-state index contributed by atoms with van der Waals surface area (Å²) in [6.45, 7) is 8.83. The molecule has 0 bridgehead atoms. The number of nitrogens with zero attached hydrogens (tertiary/aromatic N) is 2. The van der Waals surface area contributed by atoms with Gasteiger partial charge < -0.3 is 9.47 Å². The Bertz CT molecular complexity index is 629. The fourth-order valence-electron chi connectivity index (χ4n) is 2.35. The monoisotopic (exact) mass is 348 g/mol. The molecule has 3 nitrogen and oxygen atoms in total. The van der Waals surface area contributed by atoms with Crippen LogP contribution >= 0.6 is 15.9 Å². The summed E-state index contributed by atoms with van der Waals surface area (Å²) in [5.74, 6) is 0.0285. The van der Waals surface area contributed by atoms with Gasteiger partial charge in [-0.05, 0) is 61.8 Å². The minimum Gasteiger partial charge on any atom is -0.340 e. The molecule has 1 aromatic heterocycles. The molecule has 0 aliphatic carbocycles. The third-order valence-electron chi connectivity index (χ3n) is 3.50. The van der Waals surface area contributed by atoms with Gasteiger partial charge in [-0.2, -0.15) is 0 Å². The van der Waals surface area contributed by atoms with E-state index in [4.69, 9.17) is 0 Å². The molecule has 1 heterocycles. The van der Waals surface area contributed by atoms with Crippen LogP contribution in [0.4, 0.5) is 5.69 Å². The number of aryl methyl sites for hydroxylation is 1. The van der Waals surface area contributed by atoms with Crippen molar-refractivity contribution in [2.45, 2.75) is 33.7 Å². The van der Waals surface area contributed by atoms with E-state index in [1.807, 2.05) is 54.9 Å². The van der Waals surface area contributed by atoms with Gasteiger partial charge in [-0.1, -0.05) is 17.7 Å². The molecule has 0 saturated carbocycles. The maximum absolute atomic E-state index is 12.9. The Balaban J connectivity index is 2.39. The van der Waals surface area contributed by atoms with E-state index in [1.54, 1.807) is 4.90 Å². The van der Waals surface area contributed by atoms with Gasteiger partial charge in [0.1, 0.15) is 5.69 Å². The Morgan fingerprint density at radius 3 is 2.43 bits per heavy atom. The van der Waals surface area contributed by atoms with Crippen LogP contribution in [0.15, 0.2) is 41.0 Å². The van der Waals surface area contributed by atoms with Gasteiger partial charge in [0.2, 0.25) is 0 Å². The van der Waals surface area contributed by atoms with Crippen molar-refractivity contribution in [3.05, 3.63) is 52.3 Å². The molecule has 0 N–H and O–H groups in total. The first-order chi connectivity index (χ1) is 9.93. The summed E-state index contributed by atoms with van der Waals surface area (Å²) < 4.78 is 2.93. The zero-order valence-corrected chi connectivity index (χ0v) is 14.5. The third-order valence-corrected chi connectivity index (χ3v) is 3.93. The van der Waals surface area contributed by atoms with Crippen LogP contribution in [0.1, 0.15) is 42.9 Å². The molecule has 0 radical (unpaired) electrons. The molecular weight excluding hydrogens is 328 g/mol. The Morgan fingerprint density at radius 1 is 1.29 bits per heavy atom. The lowest BCUT2D eigenvalue weighted by Crippen LogP contribution is -2.32. The molecule has 21 heavy (non-hydrogen) atoms. The van der Waals surface area contributed by atoms with Crippen molar-refractivity contribution < 1.29 is 4.79 Å². The number of rotatable bonds is 4. The highest BCUT2D eigenvalue weighted by atomic mass is 79.9. The number of anilines is 1. The highest BCUT2D eigenvalue weighted by Crippen LogP contribution is 2.23. The molecule has 0 aliphatic rings. The number of hydrogen-bond acceptors (Lipinski definition) is 1. The topological polar surface area (TPSA) is 25.2 Å². The van der Waals surface area contributed by atoms with E-state index >= 15 is 0 Å². The highest BCUT2D eigenvalue weighted by Gasteiger charge is 2.21. The lowest BCUT2D eigenvalue weighted by molar-refractivity contribution is 0.0978. The summed E-state index contributed by atoms with van der Waals surface area (Å²) >= 11 is 3.46. The van der Waals surface area contributed by atoms with Crippen molar-refractivity contribution in [3.63, 3.8) is 0 Å². The van der Waals surface area contributed by atoms with Gasteiger partial charge in [0.25, 0.3) is 5.91 Å². The van der Waals surface area contributed by atoms with Crippen LogP contribution in [0.3, 0.4) is 0 Å². The molecule has 112 valence electrons. The standard InChI is InChI=1S/C17H21BrN2O/c1-5-19(15-8-6-13(4)7-9-15)17(21)16-10-14(18)11-20(16)12(2)3/h6-12H,5H2,1-4H3. The lowest BCUT2D eigenvalue weighted by atomic mass is 10.2. The zero-order chi connectivity index (χ0) is 15.6. The number of hydrogen-bond donors (Lipinski definition) is 0. The number of benzene rings is 1. The molecule has 1 aromatic carbocycles. The van der Waals surface area contributed by atoms with E-state index < -0.39 is 0 Å². The van der Waals surface area contributed by atoms with E-state index in [9.17, 15) is 4.79 Å². The molecule has 0 spiro atoms. The Morgan fingerprint density at radius 2 is 1.90 bits per heavy atom. The molecule has 2 rings (SSSR count). The van der Waals surface area contributed by atoms with Crippen LogP contribution in [0, 0.1) is 6.92 Å². The van der Waals surface area contributed by atoms with Crippen molar-refractivity contribution in [2.24, 2.45) is 0 Å². The van der Waals surface area contributed by atoms with Gasteiger partial charge in [0.05, 0.1) is 0 Å². The largest absolute Gasteiger partial charge is 0.340 e. The van der Waals surface area contributed by atoms with Gasteiger partial charge >= 0.3 is 0 Å². The lowest BCUT2D eigenvalue weighted by Gasteiger charge is -2.23. The van der Waals surface area contributed by atoms with E-state index in [0.29, 0.717) is 12.2 Å². The summed E-state index contributed by atoms with van der Waals surface area (Å²) in [6.07, 6.45) is 1.96. The molecule has 0 fully saturated rings. The van der Waals surface area contributed by atoms with Crippen molar-refractivity contribution >= 4 is 27.5 Å².